The summed E-state index contributed by atoms with van der Waals surface area (Å²) >= 11 is 0. The summed E-state index contributed by atoms with van der Waals surface area (Å²) in [5.41, 5.74) is 1.25. The van der Waals surface area contributed by atoms with Crippen LogP contribution in [0.5, 0.6) is 0 Å². The van der Waals surface area contributed by atoms with Crippen LogP contribution >= 0.6 is 0 Å². The summed E-state index contributed by atoms with van der Waals surface area (Å²) in [6.07, 6.45) is -0.804. The van der Waals surface area contributed by atoms with E-state index in [1.165, 1.54) is 0 Å². The molecule has 1 aliphatic heterocycles. The molecule has 1 heterocycles. The number of benzene rings is 1. The van der Waals surface area contributed by atoms with E-state index in [4.69, 9.17) is 0 Å². The molecule has 4 nitrogen and oxygen atoms in total. The Balaban J connectivity index is 1.85. The van der Waals surface area contributed by atoms with Crippen LogP contribution in [0.4, 0.5) is 4.79 Å². The fraction of sp³-hybridized carbons (Fsp3) is 0.588. The van der Waals surface area contributed by atoms with Gasteiger partial charge in [-0.05, 0) is 11.0 Å². The Bertz CT molecular complexity index is 537. The van der Waals surface area contributed by atoms with Crippen LogP contribution in [0.3, 0.4) is 0 Å². The van der Waals surface area contributed by atoms with Crippen LogP contribution in [0.2, 0.25) is 0 Å². The highest BCUT2D eigenvalue weighted by Gasteiger charge is 2.74. The molecule has 4 heteroatoms. The third-order valence-corrected chi connectivity index (χ3v) is 5.42. The maximum Gasteiger partial charge on any atom is 0.407 e. The molecule has 1 saturated heterocycles. The van der Waals surface area contributed by atoms with Gasteiger partial charge in [0.2, 0.25) is 0 Å². The number of rotatable bonds is 3. The monoisotopic (exact) mass is 288 g/mol. The van der Waals surface area contributed by atoms with E-state index in [0.29, 0.717) is 12.5 Å². The third-order valence-electron chi connectivity index (χ3n) is 5.42. The summed E-state index contributed by atoms with van der Waals surface area (Å²) in [6, 6.07) is 10.0. The molecule has 2 N–H and O–H groups in total. The lowest BCUT2D eigenvalue weighted by molar-refractivity contribution is 0.110. The lowest BCUT2D eigenvalue weighted by atomic mass is 9.76. The van der Waals surface area contributed by atoms with E-state index in [2.05, 4.69) is 26.1 Å². The van der Waals surface area contributed by atoms with Crippen LogP contribution in [-0.2, 0) is 6.54 Å². The molecule has 1 amide bonds. The highest BCUT2D eigenvalue weighted by Crippen LogP contribution is 2.67. The Hall–Kier alpha value is -1.55. The highest BCUT2D eigenvalue weighted by atomic mass is 16.4. The smallest absolute Gasteiger partial charge is 0.407 e. The molecule has 1 aromatic rings. The highest BCUT2D eigenvalue weighted by molar-refractivity contribution is 5.67. The van der Waals surface area contributed by atoms with Crippen molar-refractivity contribution in [1.82, 2.24) is 10.2 Å². The first-order chi connectivity index (χ1) is 9.88. The molecule has 0 radical (unpaired) electrons. The van der Waals surface area contributed by atoms with Crippen LogP contribution < -0.4 is 5.32 Å². The first-order valence-corrected chi connectivity index (χ1v) is 7.62. The van der Waals surface area contributed by atoms with Crippen LogP contribution in [0.25, 0.3) is 0 Å². The molecule has 2 fully saturated rings. The zero-order valence-electron chi connectivity index (χ0n) is 13.0. The predicted octanol–water partition coefficient (Wildman–Crippen LogP) is 2.80. The van der Waals surface area contributed by atoms with Crippen molar-refractivity contribution in [3.05, 3.63) is 35.9 Å². The van der Waals surface area contributed by atoms with Gasteiger partial charge >= 0.3 is 6.09 Å². The average molecular weight is 288 g/mol. The summed E-state index contributed by atoms with van der Waals surface area (Å²) in [4.78, 5) is 13.4. The van der Waals surface area contributed by atoms with Gasteiger partial charge in [0.15, 0.2) is 0 Å². The first-order valence-electron chi connectivity index (χ1n) is 7.62. The number of carbonyl (C=O) groups is 1. The SMILES string of the molecule is CC(C)(C)C12CNCC1C2N(Cc1ccccc1)C(=O)O. The zero-order valence-corrected chi connectivity index (χ0v) is 13.0. The molecular weight excluding hydrogens is 264 g/mol. The number of carboxylic acid groups (broad SMARTS) is 1. The minimum Gasteiger partial charge on any atom is -0.465 e. The third kappa shape index (κ3) is 2.13. The second kappa shape index (κ2) is 4.73. The summed E-state index contributed by atoms with van der Waals surface area (Å²) < 4.78 is 0. The second-order valence-electron chi connectivity index (χ2n) is 7.37. The van der Waals surface area contributed by atoms with Crippen molar-refractivity contribution < 1.29 is 9.90 Å². The molecule has 1 aromatic carbocycles. The molecule has 3 atom stereocenters. The van der Waals surface area contributed by atoms with Gasteiger partial charge in [-0.15, -0.1) is 0 Å². The largest absolute Gasteiger partial charge is 0.465 e. The van der Waals surface area contributed by atoms with Crippen LogP contribution in [-0.4, -0.2) is 35.2 Å². The average Bonchev–Trinajstić information content (AvgIpc) is 2.85. The molecule has 21 heavy (non-hydrogen) atoms. The van der Waals surface area contributed by atoms with Gasteiger partial charge in [-0.3, -0.25) is 0 Å². The number of piperidine rings is 1. The minimum atomic E-state index is -0.804. The van der Waals surface area contributed by atoms with Crippen molar-refractivity contribution in [3.63, 3.8) is 0 Å². The van der Waals surface area contributed by atoms with E-state index in [-0.39, 0.29) is 16.9 Å². The number of hydrogen-bond acceptors (Lipinski definition) is 2. The Kier molecular flexibility index (Phi) is 3.24. The number of nitrogens with zero attached hydrogens (tertiary/aromatic N) is 1. The Morgan fingerprint density at radius 3 is 2.57 bits per heavy atom. The predicted molar refractivity (Wildman–Crippen MR) is 82.0 cm³/mol. The molecule has 1 aliphatic carbocycles. The normalized spacial score (nSPS) is 30.8. The van der Waals surface area contributed by atoms with E-state index in [1.54, 1.807) is 4.90 Å². The van der Waals surface area contributed by atoms with Gasteiger partial charge in [0.25, 0.3) is 0 Å². The van der Waals surface area contributed by atoms with Gasteiger partial charge < -0.3 is 15.3 Å². The van der Waals surface area contributed by atoms with Crippen LogP contribution in [0, 0.1) is 16.7 Å². The van der Waals surface area contributed by atoms with Crippen molar-refractivity contribution in [2.75, 3.05) is 13.1 Å². The molecule has 1 saturated carbocycles. The van der Waals surface area contributed by atoms with Crippen molar-refractivity contribution in [3.8, 4) is 0 Å². The maximum absolute atomic E-state index is 11.8. The summed E-state index contributed by atoms with van der Waals surface area (Å²) in [5, 5.41) is 13.1. The van der Waals surface area contributed by atoms with E-state index >= 15 is 0 Å². The lowest BCUT2D eigenvalue weighted by Crippen LogP contribution is -2.42. The van der Waals surface area contributed by atoms with Gasteiger partial charge in [-0.25, -0.2) is 4.79 Å². The van der Waals surface area contributed by atoms with Crippen molar-refractivity contribution in [2.24, 2.45) is 16.7 Å². The van der Waals surface area contributed by atoms with E-state index in [1.807, 2.05) is 30.3 Å². The second-order valence-corrected chi connectivity index (χ2v) is 7.37. The van der Waals surface area contributed by atoms with Crippen molar-refractivity contribution in [1.29, 1.82) is 0 Å². The van der Waals surface area contributed by atoms with Gasteiger partial charge in [-0.1, -0.05) is 51.1 Å². The Morgan fingerprint density at radius 1 is 1.38 bits per heavy atom. The molecule has 0 bridgehead atoms. The van der Waals surface area contributed by atoms with Crippen LogP contribution in [0.1, 0.15) is 26.3 Å². The molecule has 3 unspecified atom stereocenters. The van der Waals surface area contributed by atoms with Crippen molar-refractivity contribution >= 4 is 6.09 Å². The molecule has 0 spiro atoms. The fourth-order valence-corrected chi connectivity index (χ4v) is 4.29. The number of nitrogens with one attached hydrogen (secondary N) is 1. The maximum atomic E-state index is 11.8. The quantitative estimate of drug-likeness (QED) is 0.899. The number of hydrogen-bond donors (Lipinski definition) is 2. The first kappa shape index (κ1) is 14.4. The van der Waals surface area contributed by atoms with Gasteiger partial charge in [0.05, 0.1) is 0 Å². The Morgan fingerprint density at radius 2 is 2.05 bits per heavy atom. The fourth-order valence-electron chi connectivity index (χ4n) is 4.29. The molecular formula is C17H24N2O2. The minimum absolute atomic E-state index is 0.0835. The molecule has 0 aromatic heterocycles. The van der Waals surface area contributed by atoms with E-state index < -0.39 is 6.09 Å². The van der Waals surface area contributed by atoms with E-state index in [9.17, 15) is 9.90 Å². The van der Waals surface area contributed by atoms with Crippen molar-refractivity contribution in [2.45, 2.75) is 33.4 Å². The molecule has 3 rings (SSSR count). The topological polar surface area (TPSA) is 52.6 Å². The standard InChI is InChI=1S/C17H24N2O2/c1-16(2,3)17-11-18-9-13(17)14(17)19(15(20)21)10-12-7-5-4-6-8-12/h4-8,13-14,18H,9-11H2,1-3H3,(H,20,21). The summed E-state index contributed by atoms with van der Waals surface area (Å²) in [6.45, 7) is 9.03. The Labute approximate surface area is 126 Å². The van der Waals surface area contributed by atoms with Gasteiger partial charge in [0, 0.05) is 37.0 Å². The van der Waals surface area contributed by atoms with Gasteiger partial charge in [-0.2, -0.15) is 0 Å². The van der Waals surface area contributed by atoms with E-state index in [0.717, 1.165) is 18.7 Å². The number of fused-ring (bicyclic) bond motifs is 1. The molecule has 2 aliphatic rings. The zero-order chi connectivity index (χ0) is 15.3. The van der Waals surface area contributed by atoms with Gasteiger partial charge in [0.1, 0.15) is 0 Å². The van der Waals surface area contributed by atoms with Crippen LogP contribution in [0.15, 0.2) is 30.3 Å². The number of amides is 1. The summed E-state index contributed by atoms with van der Waals surface area (Å²) in [5.74, 6) is 0.442. The summed E-state index contributed by atoms with van der Waals surface area (Å²) in [7, 11) is 0. The lowest BCUT2D eigenvalue weighted by Gasteiger charge is -2.33. The molecule has 114 valence electrons.